The van der Waals surface area contributed by atoms with Gasteiger partial charge in [0.1, 0.15) is 0 Å². The Kier molecular flexibility index (Phi) is 6.72. The number of hydrogen-bond donors (Lipinski definition) is 2. The summed E-state index contributed by atoms with van der Waals surface area (Å²) in [5.74, 6) is 0.0497. The van der Waals surface area contributed by atoms with E-state index in [9.17, 15) is 13.2 Å². The molecule has 2 aromatic carbocycles. The second-order valence-corrected chi connectivity index (χ2v) is 8.92. The first-order valence-electron chi connectivity index (χ1n) is 8.29. The fraction of sp³-hybridized carbons (Fsp3) is 0.316. The zero-order chi connectivity index (χ0) is 19.3. The lowest BCUT2D eigenvalue weighted by Crippen LogP contribution is -2.28. The van der Waals surface area contributed by atoms with Gasteiger partial charge in [-0.25, -0.2) is 8.42 Å². The second kappa shape index (κ2) is 8.60. The van der Waals surface area contributed by atoms with E-state index in [-0.39, 0.29) is 10.8 Å². The van der Waals surface area contributed by atoms with Crippen LogP contribution in [0.15, 0.2) is 52.3 Å². The topological polar surface area (TPSA) is 75.3 Å². The van der Waals surface area contributed by atoms with Crippen molar-refractivity contribution in [1.29, 1.82) is 0 Å². The quantitative estimate of drug-likeness (QED) is 0.701. The molecule has 0 fully saturated rings. The fourth-order valence-electron chi connectivity index (χ4n) is 2.34. The van der Waals surface area contributed by atoms with Crippen molar-refractivity contribution in [2.75, 3.05) is 17.5 Å². The number of para-hydroxylation sites is 1. The van der Waals surface area contributed by atoms with Crippen LogP contribution in [0.4, 0.5) is 5.69 Å². The van der Waals surface area contributed by atoms with Gasteiger partial charge in [0.05, 0.1) is 10.6 Å². The summed E-state index contributed by atoms with van der Waals surface area (Å²) in [6, 6.07) is 11.8. The molecule has 0 spiro atoms. The van der Waals surface area contributed by atoms with Gasteiger partial charge in [0.15, 0.2) is 0 Å². The van der Waals surface area contributed by atoms with E-state index in [1.54, 1.807) is 25.1 Å². The van der Waals surface area contributed by atoms with Crippen molar-refractivity contribution >= 4 is 33.4 Å². The summed E-state index contributed by atoms with van der Waals surface area (Å²) in [7, 11) is -3.79. The first-order chi connectivity index (χ1) is 12.2. The summed E-state index contributed by atoms with van der Waals surface area (Å²) in [6.45, 7) is 6.33. The molecule has 0 aliphatic carbocycles. The normalized spacial score (nSPS) is 11.4. The number of nitrogens with one attached hydrogen (secondary N) is 2. The maximum atomic E-state index is 12.8. The van der Waals surface area contributed by atoms with Gasteiger partial charge in [-0.1, -0.05) is 32.0 Å². The largest absolute Gasteiger partial charge is 0.352 e. The van der Waals surface area contributed by atoms with Gasteiger partial charge >= 0.3 is 0 Å². The van der Waals surface area contributed by atoms with E-state index in [0.29, 0.717) is 23.7 Å². The van der Waals surface area contributed by atoms with Gasteiger partial charge in [-0.3, -0.25) is 9.52 Å². The zero-order valence-electron chi connectivity index (χ0n) is 15.4. The van der Waals surface area contributed by atoms with E-state index < -0.39 is 10.0 Å². The molecule has 0 aliphatic rings. The molecule has 0 atom stereocenters. The molecule has 2 N–H and O–H groups in total. The molecule has 0 bridgehead atoms. The molecular formula is C19H24N2O3S2. The lowest BCUT2D eigenvalue weighted by molar-refractivity contribution is 0.0948. The third-order valence-electron chi connectivity index (χ3n) is 3.79. The zero-order valence-corrected chi connectivity index (χ0v) is 17.0. The number of hydrogen-bond acceptors (Lipinski definition) is 4. The van der Waals surface area contributed by atoms with Crippen LogP contribution in [0.5, 0.6) is 0 Å². The predicted octanol–water partition coefficient (Wildman–Crippen LogP) is 3.90. The van der Waals surface area contributed by atoms with Gasteiger partial charge in [0, 0.05) is 17.0 Å². The lowest BCUT2D eigenvalue weighted by atomic mass is 10.1. The molecule has 0 unspecified atom stereocenters. The van der Waals surface area contributed by atoms with Crippen LogP contribution in [0.3, 0.4) is 0 Å². The molecule has 2 rings (SSSR count). The Balaban J connectivity index is 2.32. The number of sulfonamides is 1. The highest BCUT2D eigenvalue weighted by molar-refractivity contribution is 7.99. The van der Waals surface area contributed by atoms with Gasteiger partial charge in [0.25, 0.3) is 15.9 Å². The van der Waals surface area contributed by atoms with E-state index in [4.69, 9.17) is 0 Å². The average Bonchev–Trinajstić information content (AvgIpc) is 2.60. The van der Waals surface area contributed by atoms with E-state index in [1.165, 1.54) is 23.9 Å². The summed E-state index contributed by atoms with van der Waals surface area (Å²) in [6.07, 6.45) is 1.89. The van der Waals surface area contributed by atoms with Crippen molar-refractivity contribution in [2.24, 2.45) is 5.92 Å². The van der Waals surface area contributed by atoms with Crippen molar-refractivity contribution in [3.8, 4) is 0 Å². The molecule has 5 nitrogen and oxygen atoms in total. The van der Waals surface area contributed by atoms with Gasteiger partial charge in [-0.05, 0) is 48.9 Å². The molecule has 0 saturated heterocycles. The summed E-state index contributed by atoms with van der Waals surface area (Å²) >= 11 is 1.46. The summed E-state index contributed by atoms with van der Waals surface area (Å²) in [4.78, 5) is 13.3. The molecule has 0 radical (unpaired) electrons. The lowest BCUT2D eigenvalue weighted by Gasteiger charge is -2.14. The Labute approximate surface area is 159 Å². The van der Waals surface area contributed by atoms with Crippen LogP contribution in [0, 0.1) is 12.8 Å². The smallest absolute Gasteiger partial charge is 0.261 e. The first-order valence-corrected chi connectivity index (χ1v) is 11.0. The molecule has 2 aromatic rings. The molecule has 7 heteroatoms. The molecule has 0 aliphatic heterocycles. The predicted molar refractivity (Wildman–Crippen MR) is 107 cm³/mol. The minimum Gasteiger partial charge on any atom is -0.352 e. The highest BCUT2D eigenvalue weighted by Crippen LogP contribution is 2.27. The van der Waals surface area contributed by atoms with Crippen molar-refractivity contribution in [3.05, 3.63) is 53.6 Å². The van der Waals surface area contributed by atoms with E-state index in [2.05, 4.69) is 10.0 Å². The highest BCUT2D eigenvalue weighted by atomic mass is 32.2. The number of anilines is 1. The van der Waals surface area contributed by atoms with Crippen LogP contribution < -0.4 is 10.0 Å². The first kappa shape index (κ1) is 20.3. The average molecular weight is 393 g/mol. The maximum absolute atomic E-state index is 12.8. The Hall–Kier alpha value is -1.99. The van der Waals surface area contributed by atoms with Gasteiger partial charge in [-0.15, -0.1) is 11.8 Å². The number of carbonyl (C=O) groups excluding carboxylic acids is 1. The van der Waals surface area contributed by atoms with E-state index >= 15 is 0 Å². The molecule has 0 heterocycles. The minimum absolute atomic E-state index is 0.0636. The van der Waals surface area contributed by atoms with Crippen molar-refractivity contribution in [1.82, 2.24) is 5.32 Å². The van der Waals surface area contributed by atoms with E-state index in [0.717, 1.165) is 10.5 Å². The molecule has 26 heavy (non-hydrogen) atoms. The summed E-state index contributed by atoms with van der Waals surface area (Å²) < 4.78 is 28.1. The van der Waals surface area contributed by atoms with E-state index in [1.807, 2.05) is 32.2 Å². The molecule has 1 amide bonds. The van der Waals surface area contributed by atoms with Crippen LogP contribution in [0.25, 0.3) is 0 Å². The molecule has 0 aromatic heterocycles. The minimum atomic E-state index is -3.79. The number of rotatable bonds is 7. The van der Waals surface area contributed by atoms with Crippen LogP contribution >= 0.6 is 11.8 Å². The van der Waals surface area contributed by atoms with Crippen LogP contribution in [-0.4, -0.2) is 27.1 Å². The monoisotopic (exact) mass is 392 g/mol. The number of aryl methyl sites for hydroxylation is 1. The Morgan fingerprint density at radius 1 is 1.15 bits per heavy atom. The molecule has 0 saturated carbocycles. The Morgan fingerprint density at radius 2 is 1.85 bits per heavy atom. The van der Waals surface area contributed by atoms with Gasteiger partial charge < -0.3 is 5.32 Å². The summed E-state index contributed by atoms with van der Waals surface area (Å²) in [5.41, 5.74) is 1.62. The van der Waals surface area contributed by atoms with Crippen LogP contribution in [0.2, 0.25) is 0 Å². The molecular weight excluding hydrogens is 368 g/mol. The van der Waals surface area contributed by atoms with Crippen molar-refractivity contribution in [3.63, 3.8) is 0 Å². The standard InChI is InChI=1S/C19H24N2O3S2/c1-13(2)12-20-19(22)16-11-15(10-9-14(16)3)26(23,24)21-17-7-5-6-8-18(17)25-4/h5-11,13,21H,12H2,1-4H3,(H,20,22). The third kappa shape index (κ3) is 5.02. The third-order valence-corrected chi connectivity index (χ3v) is 5.95. The van der Waals surface area contributed by atoms with Gasteiger partial charge in [0.2, 0.25) is 0 Å². The number of thioether (sulfide) groups is 1. The number of benzene rings is 2. The van der Waals surface area contributed by atoms with Gasteiger partial charge in [-0.2, -0.15) is 0 Å². The van der Waals surface area contributed by atoms with Crippen molar-refractivity contribution < 1.29 is 13.2 Å². The number of carbonyl (C=O) groups is 1. The Bertz CT molecular complexity index is 893. The number of amides is 1. The fourth-order valence-corrected chi connectivity index (χ4v) is 4.06. The molecule has 140 valence electrons. The summed E-state index contributed by atoms with van der Waals surface area (Å²) in [5, 5.41) is 2.83. The SMILES string of the molecule is CSc1ccccc1NS(=O)(=O)c1ccc(C)c(C(=O)NCC(C)C)c1. The highest BCUT2D eigenvalue weighted by Gasteiger charge is 2.19. The second-order valence-electron chi connectivity index (χ2n) is 6.39. The maximum Gasteiger partial charge on any atom is 0.261 e. The Morgan fingerprint density at radius 3 is 2.50 bits per heavy atom. The van der Waals surface area contributed by atoms with Crippen LogP contribution in [0.1, 0.15) is 29.8 Å². The van der Waals surface area contributed by atoms with Crippen molar-refractivity contribution in [2.45, 2.75) is 30.6 Å². The van der Waals surface area contributed by atoms with Crippen LogP contribution in [-0.2, 0) is 10.0 Å².